The number of carbonyl (C=O) groups is 1. The number of aromatic amines is 1. The van der Waals surface area contributed by atoms with E-state index in [1.165, 1.54) is 33.8 Å². The van der Waals surface area contributed by atoms with Crippen molar-refractivity contribution < 1.29 is 14.6 Å². The van der Waals surface area contributed by atoms with E-state index in [4.69, 9.17) is 0 Å². The third-order valence-electron chi connectivity index (χ3n) is 5.96. The maximum atomic E-state index is 12.7. The molecule has 4 rings (SSSR count). The Labute approximate surface area is 179 Å². The first-order chi connectivity index (χ1) is 14.9. The van der Waals surface area contributed by atoms with Gasteiger partial charge in [0.25, 0.3) is 11.2 Å². The summed E-state index contributed by atoms with van der Waals surface area (Å²) in [6, 6.07) is 5.81. The molecule has 10 nitrogen and oxygen atoms in total. The molecule has 10 heteroatoms. The molecule has 2 aliphatic rings. The van der Waals surface area contributed by atoms with Crippen LogP contribution >= 0.6 is 0 Å². The quantitative estimate of drug-likeness (QED) is 0.366. The number of non-ortho nitro benzene ring substituents is 1. The van der Waals surface area contributed by atoms with Gasteiger partial charge in [0.15, 0.2) is 0 Å². The topological polar surface area (TPSA) is 118 Å². The highest BCUT2D eigenvalue weighted by Crippen LogP contribution is 2.30. The molecule has 1 aliphatic heterocycles. The summed E-state index contributed by atoms with van der Waals surface area (Å²) < 4.78 is 1.36. The van der Waals surface area contributed by atoms with Crippen LogP contribution in [0.1, 0.15) is 24.1 Å². The lowest BCUT2D eigenvalue weighted by Crippen LogP contribution is -3.15. The molecule has 1 aliphatic carbocycles. The zero-order valence-electron chi connectivity index (χ0n) is 17.5. The Bertz CT molecular complexity index is 1040. The van der Waals surface area contributed by atoms with Crippen molar-refractivity contribution in [2.24, 2.45) is 10.9 Å². The van der Waals surface area contributed by atoms with Gasteiger partial charge in [-0.05, 0) is 31.9 Å². The van der Waals surface area contributed by atoms with Gasteiger partial charge in [0, 0.05) is 30.0 Å². The molecule has 2 heterocycles. The molecule has 0 bridgehead atoms. The molecule has 1 saturated heterocycles. The van der Waals surface area contributed by atoms with Crippen LogP contribution in [0.3, 0.4) is 0 Å². The lowest BCUT2D eigenvalue weighted by molar-refractivity contribution is -0.902. The number of aliphatic imine (C=N–C) groups is 1. The van der Waals surface area contributed by atoms with Gasteiger partial charge in [-0.1, -0.05) is 0 Å². The number of quaternary nitrogens is 1. The van der Waals surface area contributed by atoms with Gasteiger partial charge in [-0.2, -0.15) is 0 Å². The zero-order chi connectivity index (χ0) is 22.0. The molecule has 1 aromatic heterocycles. The fourth-order valence-corrected chi connectivity index (χ4v) is 3.88. The Morgan fingerprint density at radius 3 is 2.58 bits per heavy atom. The number of H-pyrrole nitrogens is 1. The molecule has 0 atom stereocenters. The fourth-order valence-electron chi connectivity index (χ4n) is 3.88. The predicted molar refractivity (Wildman–Crippen MR) is 115 cm³/mol. The van der Waals surface area contributed by atoms with Crippen LogP contribution in [0.2, 0.25) is 0 Å². The largest absolute Gasteiger partial charge is 0.331 e. The van der Waals surface area contributed by atoms with Crippen LogP contribution in [0.25, 0.3) is 5.69 Å². The fraction of sp³-hybridized carbons (Fsp3) is 0.476. The highest BCUT2D eigenvalue weighted by Gasteiger charge is 2.35. The average molecular weight is 427 g/mol. The summed E-state index contributed by atoms with van der Waals surface area (Å²) in [5, 5.41) is 13.8. The van der Waals surface area contributed by atoms with E-state index in [0.717, 1.165) is 45.6 Å². The molecule has 2 fully saturated rings. The van der Waals surface area contributed by atoms with Crippen molar-refractivity contribution in [3.63, 3.8) is 0 Å². The van der Waals surface area contributed by atoms with Crippen molar-refractivity contribution in [1.29, 1.82) is 0 Å². The lowest BCUT2D eigenvalue weighted by atomic mass is 10.2. The van der Waals surface area contributed by atoms with E-state index < -0.39 is 4.92 Å². The summed E-state index contributed by atoms with van der Waals surface area (Å²) in [5.41, 5.74) is 1.43. The number of rotatable bonds is 7. The number of nitro groups is 1. The number of aromatic nitrogens is 2. The summed E-state index contributed by atoms with van der Waals surface area (Å²) >= 11 is 0. The van der Waals surface area contributed by atoms with E-state index in [1.807, 2.05) is 4.90 Å². The second-order valence-electron chi connectivity index (χ2n) is 8.20. The summed E-state index contributed by atoms with van der Waals surface area (Å²) in [7, 11) is 0. The van der Waals surface area contributed by atoms with Gasteiger partial charge in [-0.15, -0.1) is 0 Å². The van der Waals surface area contributed by atoms with Crippen LogP contribution in [-0.4, -0.2) is 71.0 Å². The van der Waals surface area contributed by atoms with E-state index in [0.29, 0.717) is 29.4 Å². The first kappa shape index (κ1) is 21.0. The number of nitrogens with zero attached hydrogens (tertiary/aromatic N) is 4. The van der Waals surface area contributed by atoms with Crippen LogP contribution < -0.4 is 10.5 Å². The molecule has 1 saturated carbocycles. The second kappa shape index (κ2) is 8.84. The first-order valence-corrected chi connectivity index (χ1v) is 10.6. The number of hydrogen-bond donors (Lipinski definition) is 2. The predicted octanol–water partition coefficient (Wildman–Crippen LogP) is -0.0618. The standard InChI is InChI=1S/C21H26N6O4/c1-15-19(21(29)26(23-15)17-4-6-18(7-5-17)27(30)31)14-22-8-9-24-10-12-25(13-11-24)20(28)16-2-3-16/h4-7,14,16,23H,2-3,8-13H2,1H3/p+1. The molecular formula is C21H27N6O4+. The second-order valence-corrected chi connectivity index (χ2v) is 8.20. The molecular weight excluding hydrogens is 400 g/mol. The normalized spacial score (nSPS) is 17.4. The van der Waals surface area contributed by atoms with Crippen molar-refractivity contribution in [2.45, 2.75) is 19.8 Å². The third kappa shape index (κ3) is 4.74. The van der Waals surface area contributed by atoms with Crippen LogP contribution in [0, 0.1) is 23.0 Å². The molecule has 0 radical (unpaired) electrons. The lowest BCUT2D eigenvalue weighted by Gasteiger charge is -2.32. The maximum Gasteiger partial charge on any atom is 0.280 e. The highest BCUT2D eigenvalue weighted by molar-refractivity contribution is 5.81. The Morgan fingerprint density at radius 2 is 1.97 bits per heavy atom. The number of aryl methyl sites for hydroxylation is 1. The van der Waals surface area contributed by atoms with Crippen LogP contribution in [0.4, 0.5) is 5.69 Å². The van der Waals surface area contributed by atoms with Crippen molar-refractivity contribution in [3.05, 3.63) is 56.0 Å². The number of benzene rings is 1. The van der Waals surface area contributed by atoms with Gasteiger partial charge in [0.1, 0.15) is 0 Å². The van der Waals surface area contributed by atoms with Crippen LogP contribution in [0.5, 0.6) is 0 Å². The molecule has 0 spiro atoms. The average Bonchev–Trinajstić information content (AvgIpc) is 3.58. The highest BCUT2D eigenvalue weighted by atomic mass is 16.6. The molecule has 1 aromatic carbocycles. The Morgan fingerprint density at radius 1 is 1.29 bits per heavy atom. The Hall–Kier alpha value is -3.27. The number of hydrogen-bond acceptors (Lipinski definition) is 5. The van der Waals surface area contributed by atoms with Gasteiger partial charge < -0.3 is 9.80 Å². The maximum absolute atomic E-state index is 12.7. The van der Waals surface area contributed by atoms with Crippen molar-refractivity contribution >= 4 is 17.8 Å². The Balaban J connectivity index is 1.32. The summed E-state index contributed by atoms with van der Waals surface area (Å²) in [5.74, 6) is 0.607. The van der Waals surface area contributed by atoms with Crippen molar-refractivity contribution in [3.8, 4) is 5.69 Å². The number of amides is 1. The molecule has 31 heavy (non-hydrogen) atoms. The molecule has 164 valence electrons. The Kier molecular flexibility index (Phi) is 5.99. The van der Waals surface area contributed by atoms with Gasteiger partial charge in [0.05, 0.1) is 55.4 Å². The summed E-state index contributed by atoms with van der Waals surface area (Å²) in [6.07, 6.45) is 3.69. The zero-order valence-corrected chi connectivity index (χ0v) is 17.5. The minimum atomic E-state index is -0.475. The minimum absolute atomic E-state index is 0.0258. The number of carbonyl (C=O) groups excluding carboxylic acids is 1. The molecule has 2 N–H and O–H groups in total. The van der Waals surface area contributed by atoms with Gasteiger partial charge in [-0.25, -0.2) is 4.68 Å². The number of nitro benzene ring substituents is 1. The number of nitrogens with one attached hydrogen (secondary N) is 2. The van der Waals surface area contributed by atoms with E-state index in [9.17, 15) is 19.7 Å². The van der Waals surface area contributed by atoms with Crippen molar-refractivity contribution in [2.75, 3.05) is 39.3 Å². The van der Waals surface area contributed by atoms with E-state index in [2.05, 4.69) is 10.1 Å². The van der Waals surface area contributed by atoms with Crippen LogP contribution in [0.15, 0.2) is 34.1 Å². The van der Waals surface area contributed by atoms with Gasteiger partial charge in [0.2, 0.25) is 5.91 Å². The third-order valence-corrected chi connectivity index (χ3v) is 5.96. The molecule has 1 amide bonds. The number of piperazine rings is 1. The monoisotopic (exact) mass is 427 g/mol. The van der Waals surface area contributed by atoms with E-state index in [-0.39, 0.29) is 17.2 Å². The molecule has 2 aromatic rings. The van der Waals surface area contributed by atoms with Crippen LogP contribution in [-0.2, 0) is 4.79 Å². The van der Waals surface area contributed by atoms with Gasteiger partial charge in [-0.3, -0.25) is 29.8 Å². The smallest absolute Gasteiger partial charge is 0.280 e. The first-order valence-electron chi connectivity index (χ1n) is 10.6. The summed E-state index contributed by atoms with van der Waals surface area (Å²) in [6.45, 7) is 6.76. The van der Waals surface area contributed by atoms with Gasteiger partial charge >= 0.3 is 0 Å². The van der Waals surface area contributed by atoms with Crippen molar-refractivity contribution in [1.82, 2.24) is 14.7 Å². The minimum Gasteiger partial charge on any atom is -0.331 e. The van der Waals surface area contributed by atoms with E-state index in [1.54, 1.807) is 13.1 Å². The summed E-state index contributed by atoms with van der Waals surface area (Å²) in [4.78, 5) is 43.0. The molecule has 0 unspecified atom stereocenters. The van der Waals surface area contributed by atoms with E-state index >= 15 is 0 Å². The SMILES string of the molecule is Cc1[nH]n(-c2ccc([N+](=O)[O-])cc2)c(=O)c1C=NCC[NH+]1CCN(C(=O)C2CC2)CC1.